The van der Waals surface area contributed by atoms with Crippen LogP contribution in [0.5, 0.6) is 11.5 Å². The van der Waals surface area contributed by atoms with Crippen molar-refractivity contribution in [3.63, 3.8) is 0 Å². The monoisotopic (exact) mass is 446 g/mol. The van der Waals surface area contributed by atoms with Gasteiger partial charge in [0.1, 0.15) is 17.3 Å². The zero-order chi connectivity index (χ0) is 23.2. The Morgan fingerprint density at radius 3 is 1.67 bits per heavy atom. The van der Waals surface area contributed by atoms with Crippen molar-refractivity contribution in [1.82, 2.24) is 4.98 Å². The maximum atomic E-state index is 13.2. The average Bonchev–Trinajstić information content (AvgIpc) is 3.32. The molecule has 2 atom stereocenters. The molecule has 2 heterocycles. The van der Waals surface area contributed by atoms with Crippen LogP contribution in [0.1, 0.15) is 0 Å². The summed E-state index contributed by atoms with van der Waals surface area (Å²) in [6.07, 6.45) is 1.70. The van der Waals surface area contributed by atoms with E-state index < -0.39 is 11.8 Å². The van der Waals surface area contributed by atoms with E-state index in [9.17, 15) is 9.59 Å². The molecule has 8 heteroatoms. The summed E-state index contributed by atoms with van der Waals surface area (Å²) in [5, 5.41) is 5.87. The zero-order valence-corrected chi connectivity index (χ0v) is 18.5. The highest BCUT2D eigenvalue weighted by molar-refractivity contribution is 6.01. The van der Waals surface area contributed by atoms with Gasteiger partial charge in [-0.05, 0) is 60.7 Å². The lowest BCUT2D eigenvalue weighted by atomic mass is 9.94. The summed E-state index contributed by atoms with van der Waals surface area (Å²) in [5.41, 5.74) is 1.29. The van der Waals surface area contributed by atoms with Crippen molar-refractivity contribution in [2.45, 2.75) is 0 Å². The number of nitrogens with zero attached hydrogens (tertiary/aromatic N) is 2. The van der Waals surface area contributed by atoms with Crippen molar-refractivity contribution in [2.75, 3.05) is 42.8 Å². The van der Waals surface area contributed by atoms with Crippen molar-refractivity contribution >= 4 is 29.0 Å². The first kappa shape index (κ1) is 22.1. The Balaban J connectivity index is 1.52. The number of hydrogen-bond donors (Lipinski definition) is 2. The highest BCUT2D eigenvalue weighted by atomic mass is 16.5. The lowest BCUT2D eigenvalue weighted by Gasteiger charge is -2.18. The minimum absolute atomic E-state index is 0.214. The lowest BCUT2D eigenvalue weighted by Crippen LogP contribution is -2.35. The van der Waals surface area contributed by atoms with E-state index in [1.165, 1.54) is 0 Å². The molecular formula is C25H26N4O4. The summed E-state index contributed by atoms with van der Waals surface area (Å²) in [5.74, 6) is 0.611. The van der Waals surface area contributed by atoms with Gasteiger partial charge in [0.05, 0.1) is 26.1 Å². The van der Waals surface area contributed by atoms with Gasteiger partial charge in [-0.3, -0.25) is 9.59 Å². The molecule has 0 aliphatic carbocycles. The van der Waals surface area contributed by atoms with Crippen LogP contribution in [-0.2, 0) is 9.59 Å². The summed E-state index contributed by atoms with van der Waals surface area (Å²) >= 11 is 0. The molecule has 0 bridgehead atoms. The quantitative estimate of drug-likeness (QED) is 0.578. The predicted molar refractivity (Wildman–Crippen MR) is 127 cm³/mol. The molecule has 2 amide bonds. The Morgan fingerprint density at radius 1 is 0.788 bits per heavy atom. The van der Waals surface area contributed by atoms with Gasteiger partial charge in [-0.2, -0.15) is 0 Å². The molecule has 1 aliphatic heterocycles. The number of carbonyl (C=O) groups is 2. The fourth-order valence-corrected chi connectivity index (χ4v) is 3.88. The number of ether oxygens (including phenoxy) is 2. The largest absolute Gasteiger partial charge is 0.497 e. The molecule has 0 radical (unpaired) electrons. The highest BCUT2D eigenvalue weighted by Gasteiger charge is 2.42. The van der Waals surface area contributed by atoms with Crippen LogP contribution in [0.3, 0.4) is 0 Å². The van der Waals surface area contributed by atoms with Crippen LogP contribution in [0.4, 0.5) is 17.2 Å². The summed E-state index contributed by atoms with van der Waals surface area (Å²) in [6.45, 7) is 0.777. The second-order valence-electron chi connectivity index (χ2n) is 7.74. The Bertz CT molecular complexity index is 1020. The van der Waals surface area contributed by atoms with Crippen LogP contribution in [-0.4, -0.2) is 44.1 Å². The molecule has 1 aromatic heterocycles. The van der Waals surface area contributed by atoms with Crippen LogP contribution < -0.4 is 25.0 Å². The topological polar surface area (TPSA) is 92.8 Å². The van der Waals surface area contributed by atoms with Crippen LogP contribution in [0.15, 0.2) is 72.9 Å². The first-order chi connectivity index (χ1) is 16.1. The van der Waals surface area contributed by atoms with Gasteiger partial charge in [-0.15, -0.1) is 0 Å². The van der Waals surface area contributed by atoms with Crippen LogP contribution in [0, 0.1) is 11.8 Å². The summed E-state index contributed by atoms with van der Waals surface area (Å²) in [7, 11) is 3.18. The van der Waals surface area contributed by atoms with E-state index in [0.717, 1.165) is 5.82 Å². The van der Waals surface area contributed by atoms with Crippen LogP contribution >= 0.6 is 0 Å². The number of nitrogens with one attached hydrogen (secondary N) is 2. The van der Waals surface area contributed by atoms with Gasteiger partial charge in [0, 0.05) is 30.7 Å². The first-order valence-electron chi connectivity index (χ1n) is 10.6. The molecule has 2 N–H and O–H groups in total. The van der Waals surface area contributed by atoms with E-state index in [-0.39, 0.29) is 11.8 Å². The van der Waals surface area contributed by atoms with E-state index in [1.54, 1.807) is 68.9 Å². The molecule has 1 fully saturated rings. The number of amides is 2. The van der Waals surface area contributed by atoms with Crippen LogP contribution in [0.25, 0.3) is 0 Å². The number of carbonyl (C=O) groups excluding carboxylic acids is 2. The number of aromatic nitrogens is 1. The van der Waals surface area contributed by atoms with E-state index in [0.29, 0.717) is 36.0 Å². The molecule has 4 rings (SSSR count). The summed E-state index contributed by atoms with van der Waals surface area (Å²) in [6, 6.07) is 19.8. The molecule has 8 nitrogen and oxygen atoms in total. The van der Waals surface area contributed by atoms with Crippen molar-refractivity contribution in [3.05, 3.63) is 72.9 Å². The Kier molecular flexibility index (Phi) is 6.73. The molecule has 33 heavy (non-hydrogen) atoms. The third-order valence-electron chi connectivity index (χ3n) is 5.68. The first-order valence-corrected chi connectivity index (χ1v) is 10.6. The van der Waals surface area contributed by atoms with Gasteiger partial charge >= 0.3 is 0 Å². The van der Waals surface area contributed by atoms with Crippen molar-refractivity contribution in [1.29, 1.82) is 0 Å². The molecule has 2 unspecified atom stereocenters. The standard InChI is InChI=1S/C25H26N4O4/c1-32-19-10-6-17(7-11-19)27-24(30)21-15-29(23-5-3-4-14-26-23)16-22(21)25(31)28-18-8-12-20(33-2)13-9-18/h3-14,21-22H,15-16H2,1-2H3,(H,27,30)(H,28,31). The number of methoxy groups -OCH3 is 2. The van der Waals surface area contributed by atoms with Gasteiger partial charge in [-0.25, -0.2) is 4.98 Å². The third-order valence-corrected chi connectivity index (χ3v) is 5.68. The maximum absolute atomic E-state index is 13.2. The number of anilines is 3. The van der Waals surface area contributed by atoms with Gasteiger partial charge in [0.25, 0.3) is 0 Å². The van der Waals surface area contributed by atoms with Gasteiger partial charge in [0.2, 0.25) is 11.8 Å². The van der Waals surface area contributed by atoms with E-state index >= 15 is 0 Å². The third kappa shape index (κ3) is 5.23. The van der Waals surface area contributed by atoms with Gasteiger partial charge < -0.3 is 25.0 Å². The minimum atomic E-state index is -0.549. The fraction of sp³-hybridized carbons (Fsp3) is 0.240. The Hall–Kier alpha value is -4.07. The molecule has 1 aliphatic rings. The molecule has 170 valence electrons. The predicted octanol–water partition coefficient (Wildman–Crippen LogP) is 3.43. The zero-order valence-electron chi connectivity index (χ0n) is 18.5. The second-order valence-corrected chi connectivity index (χ2v) is 7.74. The van der Waals surface area contributed by atoms with Crippen molar-refractivity contribution in [3.8, 4) is 11.5 Å². The number of hydrogen-bond acceptors (Lipinski definition) is 6. The minimum Gasteiger partial charge on any atom is -0.497 e. The number of benzene rings is 2. The van der Waals surface area contributed by atoms with Crippen molar-refractivity contribution in [2.24, 2.45) is 11.8 Å². The molecule has 0 saturated carbocycles. The molecule has 2 aromatic carbocycles. The highest BCUT2D eigenvalue weighted by Crippen LogP contribution is 2.30. The van der Waals surface area contributed by atoms with E-state index in [4.69, 9.17) is 9.47 Å². The number of pyridine rings is 1. The molecule has 1 saturated heterocycles. The SMILES string of the molecule is COc1ccc(NC(=O)C2CN(c3ccccn3)CC2C(=O)Nc2ccc(OC)cc2)cc1. The summed E-state index contributed by atoms with van der Waals surface area (Å²) < 4.78 is 10.3. The number of rotatable bonds is 7. The van der Waals surface area contributed by atoms with Crippen LogP contribution in [0.2, 0.25) is 0 Å². The lowest BCUT2D eigenvalue weighted by molar-refractivity contribution is -0.127. The van der Waals surface area contributed by atoms with Crippen molar-refractivity contribution < 1.29 is 19.1 Å². The second kappa shape index (κ2) is 10.0. The Labute approximate surface area is 192 Å². The van der Waals surface area contributed by atoms with Gasteiger partial charge in [-0.1, -0.05) is 6.07 Å². The molecule has 3 aromatic rings. The van der Waals surface area contributed by atoms with Gasteiger partial charge in [0.15, 0.2) is 0 Å². The average molecular weight is 447 g/mol. The Morgan fingerprint density at radius 2 is 1.27 bits per heavy atom. The normalized spacial score (nSPS) is 17.3. The maximum Gasteiger partial charge on any atom is 0.230 e. The van der Waals surface area contributed by atoms with E-state index in [2.05, 4.69) is 15.6 Å². The smallest absolute Gasteiger partial charge is 0.230 e. The fourth-order valence-electron chi connectivity index (χ4n) is 3.88. The molecule has 0 spiro atoms. The molecular weight excluding hydrogens is 420 g/mol. The summed E-state index contributed by atoms with van der Waals surface area (Å²) in [4.78, 5) is 32.8. The van der Waals surface area contributed by atoms with E-state index in [1.807, 2.05) is 23.1 Å².